The second-order valence-corrected chi connectivity index (χ2v) is 6.73. The molecule has 0 aliphatic carbocycles. The van der Waals surface area contributed by atoms with Crippen LogP contribution in [0.1, 0.15) is 22.3 Å². The summed E-state index contributed by atoms with van der Waals surface area (Å²) >= 11 is 6.14. The summed E-state index contributed by atoms with van der Waals surface area (Å²) in [6.45, 7) is 0.191. The third-order valence-electron chi connectivity index (χ3n) is 4.43. The van der Waals surface area contributed by atoms with Gasteiger partial charge in [-0.15, -0.1) is 0 Å². The van der Waals surface area contributed by atoms with Gasteiger partial charge in [0.1, 0.15) is 5.56 Å². The van der Waals surface area contributed by atoms with Crippen LogP contribution in [0.15, 0.2) is 53.3 Å². The van der Waals surface area contributed by atoms with Gasteiger partial charge in [0, 0.05) is 17.1 Å². The number of benzene rings is 2. The molecular weight excluding hydrogens is 399 g/mol. The zero-order chi connectivity index (χ0) is 21.0. The Morgan fingerprint density at radius 3 is 2.66 bits per heavy atom. The third-order valence-corrected chi connectivity index (χ3v) is 4.79. The van der Waals surface area contributed by atoms with E-state index in [0.717, 1.165) is 16.3 Å². The van der Waals surface area contributed by atoms with Crippen molar-refractivity contribution in [3.63, 3.8) is 0 Å². The van der Waals surface area contributed by atoms with Crippen LogP contribution in [-0.2, 0) is 13.0 Å². The number of hydrogen-bond donors (Lipinski definition) is 1. The third kappa shape index (κ3) is 4.63. The van der Waals surface area contributed by atoms with E-state index in [4.69, 9.17) is 16.3 Å². The van der Waals surface area contributed by atoms with Gasteiger partial charge in [-0.2, -0.15) is 5.10 Å². The van der Waals surface area contributed by atoms with Gasteiger partial charge >= 0.3 is 5.97 Å². The molecule has 0 saturated heterocycles. The van der Waals surface area contributed by atoms with Gasteiger partial charge in [0.25, 0.3) is 5.56 Å². The van der Waals surface area contributed by atoms with Crippen LogP contribution in [0, 0.1) is 5.82 Å². The molecular formula is C21H18ClFN2O4. The molecule has 150 valence electrons. The normalized spacial score (nSPS) is 10.7. The van der Waals surface area contributed by atoms with Crippen LogP contribution >= 0.6 is 11.6 Å². The number of carboxylic acids is 1. The minimum Gasteiger partial charge on any atom is -0.494 e. The monoisotopic (exact) mass is 416 g/mol. The highest BCUT2D eigenvalue weighted by Gasteiger charge is 2.16. The van der Waals surface area contributed by atoms with Gasteiger partial charge in [0.15, 0.2) is 11.6 Å². The molecule has 0 unspecified atom stereocenters. The minimum atomic E-state index is -1.37. The van der Waals surface area contributed by atoms with Crippen LogP contribution in [0.4, 0.5) is 4.39 Å². The zero-order valence-electron chi connectivity index (χ0n) is 15.6. The molecule has 0 fully saturated rings. The average molecular weight is 417 g/mol. The highest BCUT2D eigenvalue weighted by atomic mass is 35.5. The maximum Gasteiger partial charge on any atom is 0.341 e. The topological polar surface area (TPSA) is 81.4 Å². The first kappa shape index (κ1) is 20.5. The average Bonchev–Trinajstić information content (AvgIpc) is 2.70. The molecule has 1 heterocycles. The number of nitrogens with zero attached hydrogens (tertiary/aromatic N) is 2. The molecule has 3 rings (SSSR count). The van der Waals surface area contributed by atoms with E-state index in [-0.39, 0.29) is 18.0 Å². The van der Waals surface area contributed by atoms with Crippen molar-refractivity contribution in [3.05, 3.63) is 80.9 Å². The molecule has 2 aromatic carbocycles. The van der Waals surface area contributed by atoms with Gasteiger partial charge in [0.2, 0.25) is 0 Å². The highest BCUT2D eigenvalue weighted by Crippen LogP contribution is 2.24. The van der Waals surface area contributed by atoms with E-state index in [9.17, 15) is 19.1 Å². The number of hydrogen-bond acceptors (Lipinski definition) is 4. The minimum absolute atomic E-state index is 0.0558. The van der Waals surface area contributed by atoms with E-state index in [2.05, 4.69) is 5.10 Å². The molecule has 0 spiro atoms. The number of aromatic carboxylic acids is 1. The SMILES string of the molecule is COc1ccc(-c2cc(C(=O)O)c(=O)n(CCCc3ccccc3Cl)n2)cc1F. The molecule has 6 nitrogen and oxygen atoms in total. The largest absolute Gasteiger partial charge is 0.494 e. The number of ether oxygens (including phenoxy) is 1. The number of aryl methyl sites for hydroxylation is 2. The lowest BCUT2D eigenvalue weighted by Gasteiger charge is -2.11. The maximum atomic E-state index is 14.1. The van der Waals surface area contributed by atoms with Crippen LogP contribution in [0.5, 0.6) is 5.75 Å². The smallest absolute Gasteiger partial charge is 0.341 e. The first-order valence-electron chi connectivity index (χ1n) is 8.83. The summed E-state index contributed by atoms with van der Waals surface area (Å²) < 4.78 is 20.0. The second-order valence-electron chi connectivity index (χ2n) is 6.32. The highest BCUT2D eigenvalue weighted by molar-refractivity contribution is 6.31. The zero-order valence-corrected chi connectivity index (χ0v) is 16.3. The summed E-state index contributed by atoms with van der Waals surface area (Å²) in [6.07, 6.45) is 1.12. The molecule has 29 heavy (non-hydrogen) atoms. The number of rotatable bonds is 7. The van der Waals surface area contributed by atoms with Crippen LogP contribution in [0.2, 0.25) is 5.02 Å². The molecule has 0 saturated carbocycles. The van der Waals surface area contributed by atoms with Gasteiger partial charge in [-0.3, -0.25) is 4.79 Å². The lowest BCUT2D eigenvalue weighted by atomic mass is 10.1. The van der Waals surface area contributed by atoms with Crippen molar-refractivity contribution < 1.29 is 19.0 Å². The Morgan fingerprint density at radius 2 is 2.00 bits per heavy atom. The predicted octanol–water partition coefficient (Wildman–Crippen LogP) is 4.04. The molecule has 0 aliphatic heterocycles. The lowest BCUT2D eigenvalue weighted by Crippen LogP contribution is -2.29. The fraction of sp³-hybridized carbons (Fsp3) is 0.190. The van der Waals surface area contributed by atoms with Gasteiger partial charge in [-0.05, 0) is 48.7 Å². The summed E-state index contributed by atoms with van der Waals surface area (Å²) in [4.78, 5) is 24.0. The summed E-state index contributed by atoms with van der Waals surface area (Å²) in [6, 6.07) is 12.7. The van der Waals surface area contributed by atoms with Crippen LogP contribution in [0.3, 0.4) is 0 Å². The van der Waals surface area contributed by atoms with Crippen LogP contribution < -0.4 is 10.3 Å². The Bertz CT molecular complexity index is 1110. The van der Waals surface area contributed by atoms with Crippen molar-refractivity contribution in [2.45, 2.75) is 19.4 Å². The van der Waals surface area contributed by atoms with E-state index in [1.54, 1.807) is 12.1 Å². The fourth-order valence-electron chi connectivity index (χ4n) is 2.93. The predicted molar refractivity (Wildman–Crippen MR) is 107 cm³/mol. The van der Waals surface area contributed by atoms with Crippen molar-refractivity contribution in [1.29, 1.82) is 0 Å². The number of halogens is 2. The first-order valence-corrected chi connectivity index (χ1v) is 9.21. The molecule has 0 radical (unpaired) electrons. The molecule has 0 bridgehead atoms. The Balaban J connectivity index is 1.92. The van der Waals surface area contributed by atoms with Gasteiger partial charge in [-0.1, -0.05) is 29.8 Å². The number of methoxy groups -OCH3 is 1. The molecule has 8 heteroatoms. The Hall–Kier alpha value is -3.19. The fourth-order valence-corrected chi connectivity index (χ4v) is 3.16. The van der Waals surface area contributed by atoms with Crippen LogP contribution in [0.25, 0.3) is 11.3 Å². The number of aromatic nitrogens is 2. The van der Waals surface area contributed by atoms with E-state index in [0.29, 0.717) is 23.4 Å². The molecule has 1 aromatic heterocycles. The van der Waals surface area contributed by atoms with Gasteiger partial charge < -0.3 is 9.84 Å². The Labute approximate surface area is 171 Å². The van der Waals surface area contributed by atoms with Crippen molar-refractivity contribution in [2.75, 3.05) is 7.11 Å². The number of carbonyl (C=O) groups is 1. The van der Waals surface area contributed by atoms with E-state index < -0.39 is 22.9 Å². The molecule has 0 atom stereocenters. The summed E-state index contributed by atoms with van der Waals surface area (Å²) in [7, 11) is 1.35. The summed E-state index contributed by atoms with van der Waals surface area (Å²) in [5.74, 6) is -1.92. The molecule has 0 aliphatic rings. The van der Waals surface area contributed by atoms with Gasteiger partial charge in [0.05, 0.1) is 12.8 Å². The second kappa shape index (κ2) is 8.87. The van der Waals surface area contributed by atoms with Crippen molar-refractivity contribution in [2.24, 2.45) is 0 Å². The van der Waals surface area contributed by atoms with Crippen molar-refractivity contribution in [3.8, 4) is 17.0 Å². The quantitative estimate of drug-likeness (QED) is 0.628. The number of carboxylic acid groups (broad SMARTS) is 1. The van der Waals surface area contributed by atoms with Crippen molar-refractivity contribution >= 4 is 17.6 Å². The molecule has 3 aromatic rings. The van der Waals surface area contributed by atoms with E-state index >= 15 is 0 Å². The van der Waals surface area contributed by atoms with Crippen LogP contribution in [-0.4, -0.2) is 28.0 Å². The lowest BCUT2D eigenvalue weighted by molar-refractivity contribution is 0.0693. The standard InChI is InChI=1S/C21H18ClFN2O4/c1-29-19-9-8-14(11-17(19)23)18-12-15(21(27)28)20(26)25(24-18)10-4-6-13-5-2-3-7-16(13)22/h2-3,5,7-9,11-12H,4,6,10H2,1H3,(H,27,28). The summed E-state index contributed by atoms with van der Waals surface area (Å²) in [5.41, 5.74) is 0.305. The Morgan fingerprint density at radius 1 is 1.24 bits per heavy atom. The first-order chi connectivity index (χ1) is 13.9. The van der Waals surface area contributed by atoms with Gasteiger partial charge in [-0.25, -0.2) is 13.9 Å². The van der Waals surface area contributed by atoms with E-state index in [1.165, 1.54) is 19.2 Å². The van der Waals surface area contributed by atoms with E-state index in [1.807, 2.05) is 18.2 Å². The molecule has 1 N–H and O–H groups in total. The Kier molecular flexibility index (Phi) is 6.29. The van der Waals surface area contributed by atoms with Crippen molar-refractivity contribution in [1.82, 2.24) is 9.78 Å². The maximum absolute atomic E-state index is 14.1. The molecule has 0 amide bonds. The summed E-state index contributed by atoms with van der Waals surface area (Å²) in [5, 5.41) is 14.2.